The number of hydrogen-bond donors (Lipinski definition) is 0. The van der Waals surface area contributed by atoms with Crippen molar-refractivity contribution in [1.82, 2.24) is 9.78 Å². The van der Waals surface area contributed by atoms with Crippen molar-refractivity contribution in [3.8, 4) is 5.69 Å². The van der Waals surface area contributed by atoms with Crippen LogP contribution in [-0.4, -0.2) is 18.1 Å². The predicted molar refractivity (Wildman–Crippen MR) is 89.4 cm³/mol. The minimum atomic E-state index is -1.91. The van der Waals surface area contributed by atoms with Crippen LogP contribution in [-0.2, 0) is 11.0 Å². The molecule has 0 spiro atoms. The fourth-order valence-corrected chi connectivity index (χ4v) is 2.82. The first-order chi connectivity index (χ1) is 10.1. The molecule has 2 aromatic rings. The normalized spacial score (nSPS) is 12.7. The summed E-state index contributed by atoms with van der Waals surface area (Å²) in [7, 11) is -1.91. The van der Waals surface area contributed by atoms with Gasteiger partial charge in [0.2, 0.25) is 0 Å². The van der Waals surface area contributed by atoms with Crippen molar-refractivity contribution in [2.45, 2.75) is 45.5 Å². The molecule has 1 aromatic carbocycles. The standard InChI is InChI=1S/C16H21ClFN2OSi/c1-16(2,3)22(4,5)21-11-12-10-13(18)6-7-14(12)20-9-8-15(17)19-20/h6-8,10H,11H2,1-5H3. The van der Waals surface area contributed by atoms with Gasteiger partial charge in [-0.3, -0.25) is 0 Å². The summed E-state index contributed by atoms with van der Waals surface area (Å²) < 4.78 is 21.3. The largest absolute Gasteiger partial charge is 0.412 e. The molecule has 0 aliphatic carbocycles. The van der Waals surface area contributed by atoms with Crippen molar-refractivity contribution in [2.75, 3.05) is 0 Å². The average molecular weight is 340 g/mol. The first-order valence-electron chi connectivity index (χ1n) is 7.16. The lowest BCUT2D eigenvalue weighted by atomic mass is 10.2. The fourth-order valence-electron chi connectivity index (χ4n) is 1.74. The van der Waals surface area contributed by atoms with Crippen LogP contribution in [0.4, 0.5) is 4.39 Å². The molecule has 1 heterocycles. The zero-order valence-corrected chi connectivity index (χ0v) is 15.3. The SMILES string of the molecule is CC(C)(C)[Si](C)(C)OCc1cc(F)ccc1-n1[c]cc(Cl)n1. The molecule has 0 aliphatic heterocycles. The Morgan fingerprint density at radius 3 is 2.59 bits per heavy atom. The minimum absolute atomic E-state index is 0.0988. The average Bonchev–Trinajstić information content (AvgIpc) is 2.82. The van der Waals surface area contributed by atoms with Gasteiger partial charge in [-0.2, -0.15) is 5.10 Å². The van der Waals surface area contributed by atoms with Crippen LogP contribution in [0.5, 0.6) is 0 Å². The molecular formula is C16H21ClFN2OSi. The van der Waals surface area contributed by atoms with Gasteiger partial charge in [0.1, 0.15) is 5.82 Å². The van der Waals surface area contributed by atoms with Crippen molar-refractivity contribution in [3.63, 3.8) is 0 Å². The second kappa shape index (κ2) is 6.14. The summed E-state index contributed by atoms with van der Waals surface area (Å²) >= 11 is 5.84. The van der Waals surface area contributed by atoms with Crippen LogP contribution in [0.25, 0.3) is 5.69 Å². The molecule has 0 amide bonds. The molecule has 0 atom stereocenters. The van der Waals surface area contributed by atoms with Crippen LogP contribution in [0.3, 0.4) is 0 Å². The topological polar surface area (TPSA) is 27.1 Å². The van der Waals surface area contributed by atoms with E-state index >= 15 is 0 Å². The van der Waals surface area contributed by atoms with Gasteiger partial charge >= 0.3 is 0 Å². The van der Waals surface area contributed by atoms with E-state index in [0.29, 0.717) is 11.8 Å². The van der Waals surface area contributed by atoms with Gasteiger partial charge in [0.05, 0.1) is 18.5 Å². The van der Waals surface area contributed by atoms with E-state index < -0.39 is 8.32 Å². The Morgan fingerprint density at radius 2 is 2.05 bits per heavy atom. The molecule has 0 saturated carbocycles. The molecule has 1 aromatic heterocycles. The van der Waals surface area contributed by atoms with Gasteiger partial charge < -0.3 is 4.43 Å². The van der Waals surface area contributed by atoms with Gasteiger partial charge in [0.25, 0.3) is 0 Å². The summed E-state index contributed by atoms with van der Waals surface area (Å²) in [5, 5.41) is 4.57. The smallest absolute Gasteiger partial charge is 0.192 e. The zero-order chi connectivity index (χ0) is 16.5. The Kier molecular flexibility index (Phi) is 4.80. The quantitative estimate of drug-likeness (QED) is 0.734. The van der Waals surface area contributed by atoms with Crippen LogP contribution in [0, 0.1) is 12.0 Å². The molecular weight excluding hydrogens is 319 g/mol. The highest BCUT2D eigenvalue weighted by Crippen LogP contribution is 2.37. The molecule has 2 rings (SSSR count). The van der Waals surface area contributed by atoms with E-state index in [-0.39, 0.29) is 10.9 Å². The number of rotatable bonds is 4. The highest BCUT2D eigenvalue weighted by Gasteiger charge is 2.37. The van der Waals surface area contributed by atoms with Gasteiger partial charge in [-0.05, 0) is 36.3 Å². The second-order valence-electron chi connectivity index (χ2n) is 6.83. The third-order valence-electron chi connectivity index (χ3n) is 4.17. The number of halogens is 2. The molecule has 0 unspecified atom stereocenters. The van der Waals surface area contributed by atoms with Crippen molar-refractivity contribution in [3.05, 3.63) is 47.0 Å². The van der Waals surface area contributed by atoms with Crippen LogP contribution < -0.4 is 0 Å². The first-order valence-corrected chi connectivity index (χ1v) is 10.4. The highest BCUT2D eigenvalue weighted by atomic mass is 35.5. The maximum absolute atomic E-state index is 13.6. The van der Waals surface area contributed by atoms with E-state index in [1.165, 1.54) is 16.8 Å². The maximum Gasteiger partial charge on any atom is 0.192 e. The summed E-state index contributed by atoms with van der Waals surface area (Å²) in [6.45, 7) is 11.2. The molecule has 0 aliphatic rings. The number of aromatic nitrogens is 2. The Hall–Kier alpha value is -1.17. The molecule has 6 heteroatoms. The van der Waals surface area contributed by atoms with E-state index in [4.69, 9.17) is 16.0 Å². The molecule has 22 heavy (non-hydrogen) atoms. The third-order valence-corrected chi connectivity index (χ3v) is 8.83. The van der Waals surface area contributed by atoms with E-state index in [1.807, 2.05) is 0 Å². The van der Waals surface area contributed by atoms with Crippen molar-refractivity contribution < 1.29 is 8.82 Å². The number of hydrogen-bond acceptors (Lipinski definition) is 2. The van der Waals surface area contributed by atoms with Crippen LogP contribution >= 0.6 is 11.6 Å². The van der Waals surface area contributed by atoms with Gasteiger partial charge in [-0.15, -0.1) is 0 Å². The predicted octanol–water partition coefficient (Wildman–Crippen LogP) is 4.99. The lowest BCUT2D eigenvalue weighted by Gasteiger charge is -2.36. The maximum atomic E-state index is 13.6. The third kappa shape index (κ3) is 3.77. The van der Waals surface area contributed by atoms with E-state index in [0.717, 1.165) is 11.3 Å². The van der Waals surface area contributed by atoms with E-state index in [2.05, 4.69) is 45.2 Å². The summed E-state index contributed by atoms with van der Waals surface area (Å²) in [5.41, 5.74) is 1.47. The van der Waals surface area contributed by atoms with Gasteiger partial charge in [0.15, 0.2) is 13.5 Å². The Bertz CT molecular complexity index is 664. The molecule has 119 valence electrons. The Morgan fingerprint density at radius 1 is 1.36 bits per heavy atom. The molecule has 0 saturated heterocycles. The Labute approximate surface area is 137 Å². The number of benzene rings is 1. The second-order valence-corrected chi connectivity index (χ2v) is 12.0. The monoisotopic (exact) mass is 339 g/mol. The van der Waals surface area contributed by atoms with Crippen molar-refractivity contribution >= 4 is 19.9 Å². The molecule has 3 nitrogen and oxygen atoms in total. The fraction of sp³-hybridized carbons (Fsp3) is 0.438. The Balaban J connectivity index is 2.29. The zero-order valence-electron chi connectivity index (χ0n) is 13.6. The minimum Gasteiger partial charge on any atom is -0.412 e. The highest BCUT2D eigenvalue weighted by molar-refractivity contribution is 6.74. The van der Waals surface area contributed by atoms with E-state index in [1.54, 1.807) is 12.1 Å². The van der Waals surface area contributed by atoms with Crippen LogP contribution in [0.15, 0.2) is 24.3 Å². The summed E-state index contributed by atoms with van der Waals surface area (Å²) in [5.74, 6) is -0.296. The number of nitrogens with zero attached hydrogens (tertiary/aromatic N) is 2. The molecule has 1 radical (unpaired) electrons. The van der Waals surface area contributed by atoms with Crippen LogP contribution in [0.2, 0.25) is 23.3 Å². The van der Waals surface area contributed by atoms with Gasteiger partial charge in [0, 0.05) is 11.6 Å². The van der Waals surface area contributed by atoms with Gasteiger partial charge in [-0.25, -0.2) is 9.07 Å². The van der Waals surface area contributed by atoms with E-state index in [9.17, 15) is 4.39 Å². The molecule has 0 N–H and O–H groups in total. The lowest BCUT2D eigenvalue weighted by molar-refractivity contribution is 0.275. The van der Waals surface area contributed by atoms with Crippen molar-refractivity contribution in [2.24, 2.45) is 0 Å². The first kappa shape index (κ1) is 17.2. The summed E-state index contributed by atoms with van der Waals surface area (Å²) in [4.78, 5) is 0. The van der Waals surface area contributed by atoms with Crippen molar-refractivity contribution in [1.29, 1.82) is 0 Å². The molecule has 0 fully saturated rings. The summed E-state index contributed by atoms with van der Waals surface area (Å²) in [6, 6.07) is 6.11. The molecule has 0 bridgehead atoms. The van der Waals surface area contributed by atoms with Crippen LogP contribution in [0.1, 0.15) is 26.3 Å². The van der Waals surface area contributed by atoms with Gasteiger partial charge in [-0.1, -0.05) is 32.4 Å². The lowest BCUT2D eigenvalue weighted by Crippen LogP contribution is -2.40. The summed E-state index contributed by atoms with van der Waals surface area (Å²) in [6.07, 6.45) is 2.92.